The second-order valence-electron chi connectivity index (χ2n) is 5.71. The Morgan fingerprint density at radius 1 is 1.39 bits per heavy atom. The van der Waals surface area contributed by atoms with Gasteiger partial charge in [0.2, 0.25) is 5.91 Å². The van der Waals surface area contributed by atoms with Crippen molar-refractivity contribution in [2.45, 2.75) is 50.7 Å². The van der Waals surface area contributed by atoms with Gasteiger partial charge in [0.25, 0.3) is 0 Å². The summed E-state index contributed by atoms with van der Waals surface area (Å²) in [6.07, 6.45) is 6.38. The number of carbonyl (C=O) groups excluding carboxylic acids is 2. The zero-order valence-electron chi connectivity index (χ0n) is 13.7. The topological polar surface area (TPSA) is 76.0 Å². The largest absolute Gasteiger partial charge is 0.334 e. The first-order chi connectivity index (χ1) is 11.0. The lowest BCUT2D eigenvalue weighted by atomic mass is 10.2. The lowest BCUT2D eigenvalue weighted by molar-refractivity contribution is -0.117. The number of imide groups is 1. The molecular weight excluding hydrogens is 312 g/mol. The molecule has 6 nitrogen and oxygen atoms in total. The number of carbonyl (C=O) groups is 2. The fourth-order valence-electron chi connectivity index (χ4n) is 2.79. The highest BCUT2D eigenvalue weighted by molar-refractivity contribution is 7.99. The monoisotopic (exact) mass is 336 g/mol. The summed E-state index contributed by atoms with van der Waals surface area (Å²) in [5, 5.41) is 5.68. The average molecular weight is 336 g/mol. The van der Waals surface area contributed by atoms with Crippen LogP contribution in [0.5, 0.6) is 0 Å². The van der Waals surface area contributed by atoms with E-state index in [1.54, 1.807) is 6.08 Å². The molecule has 0 spiro atoms. The summed E-state index contributed by atoms with van der Waals surface area (Å²) in [6.45, 7) is 7.90. The molecule has 1 heterocycles. The number of nitrogens with one attached hydrogen (secondary N) is 2. The van der Waals surface area contributed by atoms with Crippen LogP contribution in [-0.4, -0.2) is 33.8 Å². The zero-order chi connectivity index (χ0) is 16.8. The van der Waals surface area contributed by atoms with E-state index in [9.17, 15) is 9.59 Å². The minimum atomic E-state index is -0.498. The second-order valence-corrected chi connectivity index (χ2v) is 6.65. The maximum absolute atomic E-state index is 11.9. The van der Waals surface area contributed by atoms with E-state index in [0.29, 0.717) is 12.6 Å². The summed E-state index contributed by atoms with van der Waals surface area (Å²) in [4.78, 5) is 27.9. The van der Waals surface area contributed by atoms with Crippen molar-refractivity contribution < 1.29 is 9.59 Å². The Labute approximate surface area is 141 Å². The van der Waals surface area contributed by atoms with Crippen molar-refractivity contribution in [1.29, 1.82) is 0 Å². The number of hydrogen-bond acceptors (Lipinski definition) is 4. The van der Waals surface area contributed by atoms with E-state index in [4.69, 9.17) is 0 Å². The van der Waals surface area contributed by atoms with Crippen molar-refractivity contribution in [2.24, 2.45) is 0 Å². The number of hydrogen-bond donors (Lipinski definition) is 2. The number of aromatic nitrogens is 2. The van der Waals surface area contributed by atoms with Crippen LogP contribution in [0.2, 0.25) is 0 Å². The molecule has 1 aliphatic carbocycles. The van der Waals surface area contributed by atoms with Gasteiger partial charge in [-0.3, -0.25) is 10.1 Å². The zero-order valence-corrected chi connectivity index (χ0v) is 14.5. The molecule has 0 unspecified atom stereocenters. The predicted molar refractivity (Wildman–Crippen MR) is 91.7 cm³/mol. The number of rotatable bonds is 6. The lowest BCUT2D eigenvalue weighted by Crippen LogP contribution is -2.40. The van der Waals surface area contributed by atoms with Gasteiger partial charge in [-0.15, -0.1) is 6.58 Å². The third-order valence-electron chi connectivity index (χ3n) is 4.04. The predicted octanol–water partition coefficient (Wildman–Crippen LogP) is 2.72. The summed E-state index contributed by atoms with van der Waals surface area (Å²) < 4.78 is 2.26. The Kier molecular flexibility index (Phi) is 6.27. The van der Waals surface area contributed by atoms with Crippen molar-refractivity contribution in [3.63, 3.8) is 0 Å². The van der Waals surface area contributed by atoms with Crippen LogP contribution in [-0.2, 0) is 4.79 Å². The number of thioether (sulfide) groups is 1. The van der Waals surface area contributed by atoms with Gasteiger partial charge in [0.1, 0.15) is 0 Å². The third-order valence-corrected chi connectivity index (χ3v) is 4.99. The van der Waals surface area contributed by atoms with Crippen LogP contribution in [0.1, 0.15) is 43.1 Å². The highest BCUT2D eigenvalue weighted by Gasteiger charge is 2.23. The summed E-state index contributed by atoms with van der Waals surface area (Å²) >= 11 is 1.38. The van der Waals surface area contributed by atoms with Crippen LogP contribution in [0.15, 0.2) is 17.8 Å². The minimum absolute atomic E-state index is 0.171. The van der Waals surface area contributed by atoms with E-state index < -0.39 is 6.03 Å². The van der Waals surface area contributed by atoms with Gasteiger partial charge in [-0.25, -0.2) is 9.78 Å². The molecule has 1 aromatic rings. The van der Waals surface area contributed by atoms with Crippen LogP contribution in [0, 0.1) is 13.8 Å². The van der Waals surface area contributed by atoms with E-state index in [1.807, 2.05) is 6.92 Å². The molecule has 126 valence electrons. The molecule has 1 fully saturated rings. The lowest BCUT2D eigenvalue weighted by Gasteiger charge is -2.16. The SMILES string of the molecule is C=CCNC(=O)NC(=O)CSc1nc(C)c(C)n1C1CCCC1. The molecule has 0 radical (unpaired) electrons. The maximum atomic E-state index is 11.9. The molecule has 1 aliphatic rings. The molecule has 7 heteroatoms. The van der Waals surface area contributed by atoms with Crippen LogP contribution in [0.3, 0.4) is 0 Å². The Hall–Kier alpha value is -1.76. The van der Waals surface area contributed by atoms with Crippen LogP contribution in [0.4, 0.5) is 4.79 Å². The molecule has 2 N–H and O–H groups in total. The average Bonchev–Trinajstić information content (AvgIpc) is 3.12. The number of urea groups is 1. The van der Waals surface area contributed by atoms with E-state index in [1.165, 1.54) is 43.1 Å². The molecule has 0 aromatic carbocycles. The number of imidazole rings is 1. The fraction of sp³-hybridized carbons (Fsp3) is 0.562. The molecule has 2 rings (SSSR count). The highest BCUT2D eigenvalue weighted by Crippen LogP contribution is 2.35. The first-order valence-electron chi connectivity index (χ1n) is 7.89. The third kappa shape index (κ3) is 4.60. The van der Waals surface area contributed by atoms with E-state index in [-0.39, 0.29) is 11.7 Å². The minimum Gasteiger partial charge on any atom is -0.334 e. The fourth-order valence-corrected chi connectivity index (χ4v) is 3.75. The summed E-state index contributed by atoms with van der Waals surface area (Å²) in [7, 11) is 0. The van der Waals surface area contributed by atoms with Crippen LogP contribution in [0.25, 0.3) is 0 Å². The van der Waals surface area contributed by atoms with E-state index in [2.05, 4.69) is 33.7 Å². The summed E-state index contributed by atoms with van der Waals surface area (Å²) in [6, 6.07) is -0.0142. The Balaban J connectivity index is 1.95. The summed E-state index contributed by atoms with van der Waals surface area (Å²) in [5.41, 5.74) is 2.17. The Bertz CT molecular complexity index is 591. The number of amides is 3. The van der Waals surface area contributed by atoms with E-state index >= 15 is 0 Å². The van der Waals surface area contributed by atoms with Crippen molar-refractivity contribution >= 4 is 23.7 Å². The Morgan fingerprint density at radius 3 is 2.74 bits per heavy atom. The molecule has 0 bridgehead atoms. The molecule has 0 saturated heterocycles. The summed E-state index contributed by atoms with van der Waals surface area (Å²) in [5.74, 6) is -0.155. The van der Waals surface area contributed by atoms with E-state index in [0.717, 1.165) is 10.9 Å². The molecular formula is C16H24N4O2S. The van der Waals surface area contributed by atoms with Crippen molar-refractivity contribution in [1.82, 2.24) is 20.2 Å². The molecule has 0 aliphatic heterocycles. The molecule has 23 heavy (non-hydrogen) atoms. The van der Waals surface area contributed by atoms with Gasteiger partial charge < -0.3 is 9.88 Å². The van der Waals surface area contributed by atoms with Gasteiger partial charge in [0, 0.05) is 18.3 Å². The van der Waals surface area contributed by atoms with Gasteiger partial charge in [0.15, 0.2) is 5.16 Å². The first kappa shape index (κ1) is 17.6. The quantitative estimate of drug-likeness (QED) is 0.619. The number of nitrogens with zero attached hydrogens (tertiary/aromatic N) is 2. The van der Waals surface area contributed by atoms with Crippen LogP contribution >= 0.6 is 11.8 Å². The molecule has 3 amide bonds. The van der Waals surface area contributed by atoms with Crippen molar-refractivity contribution in [3.8, 4) is 0 Å². The molecule has 1 aromatic heterocycles. The number of aryl methyl sites for hydroxylation is 1. The normalized spacial score (nSPS) is 14.7. The maximum Gasteiger partial charge on any atom is 0.321 e. The van der Waals surface area contributed by atoms with Gasteiger partial charge >= 0.3 is 6.03 Å². The van der Waals surface area contributed by atoms with Crippen LogP contribution < -0.4 is 10.6 Å². The van der Waals surface area contributed by atoms with Gasteiger partial charge in [-0.2, -0.15) is 0 Å². The second kappa shape index (κ2) is 8.19. The smallest absolute Gasteiger partial charge is 0.321 e. The van der Waals surface area contributed by atoms with Gasteiger partial charge in [-0.1, -0.05) is 30.7 Å². The Morgan fingerprint density at radius 2 is 2.09 bits per heavy atom. The van der Waals surface area contributed by atoms with Crippen molar-refractivity contribution in [2.75, 3.05) is 12.3 Å². The molecule has 1 saturated carbocycles. The standard InChI is InChI=1S/C16H24N4O2S/c1-4-9-17-15(22)19-14(21)10-23-16-18-11(2)12(3)20(16)13-7-5-6-8-13/h4,13H,1,5-10H2,2-3H3,(H2,17,19,21,22). The molecule has 0 atom stereocenters. The van der Waals surface area contributed by atoms with Gasteiger partial charge in [-0.05, 0) is 26.7 Å². The van der Waals surface area contributed by atoms with Gasteiger partial charge in [0.05, 0.1) is 11.4 Å². The van der Waals surface area contributed by atoms with Crippen molar-refractivity contribution in [3.05, 3.63) is 24.0 Å². The first-order valence-corrected chi connectivity index (χ1v) is 8.88. The highest BCUT2D eigenvalue weighted by atomic mass is 32.2.